The number of nitrogens with two attached hydrogens (primary N) is 1. The molecule has 1 fully saturated rings. The van der Waals surface area contributed by atoms with Crippen LogP contribution in [-0.2, 0) is 6.54 Å². The first-order valence-corrected chi connectivity index (χ1v) is 12.4. The van der Waals surface area contributed by atoms with E-state index in [9.17, 15) is 0 Å². The lowest BCUT2D eigenvalue weighted by Crippen LogP contribution is -2.43. The van der Waals surface area contributed by atoms with E-state index in [-0.39, 0.29) is 0 Å². The van der Waals surface area contributed by atoms with Gasteiger partial charge in [0.2, 0.25) is 0 Å². The number of nitrogens with zero attached hydrogens (tertiary/aromatic N) is 7. The molecule has 8 nitrogen and oxygen atoms in total. The quantitative estimate of drug-likeness (QED) is 0.386. The molecular weight excluding hydrogens is 472 g/mol. The predicted octanol–water partition coefficient (Wildman–Crippen LogP) is 4.62. The van der Waals surface area contributed by atoms with Crippen LogP contribution >= 0.6 is 11.6 Å². The number of nitrogen functional groups attached to an aromatic ring is 1. The molecule has 4 aromatic rings. The third-order valence-corrected chi connectivity index (χ3v) is 6.51. The fourth-order valence-corrected chi connectivity index (χ4v) is 4.31. The van der Waals surface area contributed by atoms with E-state index in [1.165, 1.54) is 4.68 Å². The largest absolute Gasteiger partial charge is 0.368 e. The normalized spacial score (nSPS) is 13.9. The van der Waals surface area contributed by atoms with Crippen LogP contribution in [0.5, 0.6) is 0 Å². The van der Waals surface area contributed by atoms with Crippen LogP contribution in [0.15, 0.2) is 62.1 Å². The summed E-state index contributed by atoms with van der Waals surface area (Å²) in [5.74, 6) is 5.65. The second-order valence-corrected chi connectivity index (χ2v) is 9.33. The molecule has 0 saturated carbocycles. The first-order chi connectivity index (χ1) is 17.4. The molecule has 0 bridgehead atoms. The van der Waals surface area contributed by atoms with Crippen LogP contribution in [-0.4, -0.2) is 67.7 Å². The van der Waals surface area contributed by atoms with Gasteiger partial charge in [-0.05, 0) is 37.2 Å². The summed E-state index contributed by atoms with van der Waals surface area (Å²) < 4.78 is 3.38. The number of piperazine rings is 1. The van der Waals surface area contributed by atoms with E-state index >= 15 is 0 Å². The number of hydrogen-bond donors (Lipinski definition) is 1. The van der Waals surface area contributed by atoms with Gasteiger partial charge in [-0.2, -0.15) is 0 Å². The Morgan fingerprint density at radius 2 is 1.92 bits per heavy atom. The van der Waals surface area contributed by atoms with Gasteiger partial charge < -0.3 is 15.6 Å². The zero-order valence-corrected chi connectivity index (χ0v) is 21.7. The summed E-state index contributed by atoms with van der Waals surface area (Å²) in [7, 11) is 2.15. The zero-order valence-electron chi connectivity index (χ0n) is 20.9. The molecule has 0 unspecified atom stereocenters. The van der Waals surface area contributed by atoms with Crippen molar-refractivity contribution in [1.82, 2.24) is 34.5 Å². The molecule has 4 heterocycles. The highest BCUT2D eigenvalue weighted by Crippen LogP contribution is 2.28. The molecule has 1 aromatic carbocycles. The molecule has 1 aliphatic rings. The zero-order chi connectivity index (χ0) is 25.7. The molecule has 5 rings (SSSR count). The first-order valence-electron chi connectivity index (χ1n) is 12.1. The van der Waals surface area contributed by atoms with Gasteiger partial charge in [0, 0.05) is 56.1 Å². The second kappa shape index (κ2) is 11.4. The fourth-order valence-electron chi connectivity index (χ4n) is 4.05. The highest BCUT2D eigenvalue weighted by atomic mass is 35.5. The molecule has 188 valence electrons. The summed E-state index contributed by atoms with van der Waals surface area (Å²) in [6.45, 7) is 15.2. The number of aromatic nitrogens is 5. The van der Waals surface area contributed by atoms with Crippen molar-refractivity contribution in [3.63, 3.8) is 0 Å². The summed E-state index contributed by atoms with van der Waals surface area (Å²) in [6, 6.07) is 9.66. The minimum atomic E-state index is 0.681. The van der Waals surface area contributed by atoms with E-state index < -0.39 is 0 Å². The van der Waals surface area contributed by atoms with Gasteiger partial charge in [-0.3, -0.25) is 9.36 Å². The summed E-state index contributed by atoms with van der Waals surface area (Å²) in [5, 5.41) is 9.91. The molecular formula is C27H33ClN8. The lowest BCUT2D eigenvalue weighted by Gasteiger charge is -2.34. The summed E-state index contributed by atoms with van der Waals surface area (Å²) in [6.07, 6.45) is 8.43. The van der Waals surface area contributed by atoms with E-state index in [0.29, 0.717) is 5.02 Å². The van der Waals surface area contributed by atoms with Crippen molar-refractivity contribution in [3.05, 3.63) is 78.4 Å². The SMILES string of the molecule is C=C(c1cn(CCC)nn1)N1CCN(C)CC1.C=Cc1ccc2c(Cl)cc(-c3ccn(N)c3)nc2c1. The Bertz CT molecular complexity index is 1350. The molecule has 0 aliphatic carbocycles. The van der Waals surface area contributed by atoms with Crippen LogP contribution in [0.25, 0.3) is 33.9 Å². The molecule has 1 aliphatic heterocycles. The van der Waals surface area contributed by atoms with Gasteiger partial charge in [-0.1, -0.05) is 55.1 Å². The summed E-state index contributed by atoms with van der Waals surface area (Å²) in [4.78, 5) is 9.25. The Morgan fingerprint density at radius 1 is 1.14 bits per heavy atom. The average molecular weight is 505 g/mol. The number of fused-ring (bicyclic) bond motifs is 1. The summed E-state index contributed by atoms with van der Waals surface area (Å²) in [5.41, 5.74) is 5.52. The monoisotopic (exact) mass is 504 g/mol. The molecule has 0 atom stereocenters. The van der Waals surface area contributed by atoms with Gasteiger partial charge in [0.15, 0.2) is 0 Å². The molecule has 1 saturated heterocycles. The highest BCUT2D eigenvalue weighted by molar-refractivity contribution is 6.35. The van der Waals surface area contributed by atoms with Crippen LogP contribution in [0.4, 0.5) is 0 Å². The molecule has 9 heteroatoms. The maximum Gasteiger partial charge on any atom is 0.128 e. The highest BCUT2D eigenvalue weighted by Gasteiger charge is 2.17. The van der Waals surface area contributed by atoms with Crippen LogP contribution in [0, 0.1) is 0 Å². The molecule has 0 amide bonds. The van der Waals surface area contributed by atoms with E-state index in [0.717, 1.165) is 78.3 Å². The van der Waals surface area contributed by atoms with Crippen molar-refractivity contribution >= 4 is 34.3 Å². The topological polar surface area (TPSA) is 81.0 Å². The van der Waals surface area contributed by atoms with Gasteiger partial charge in [0.25, 0.3) is 0 Å². The number of rotatable bonds is 6. The van der Waals surface area contributed by atoms with Crippen LogP contribution < -0.4 is 5.84 Å². The van der Waals surface area contributed by atoms with Crippen LogP contribution in [0.1, 0.15) is 24.6 Å². The van der Waals surface area contributed by atoms with E-state index in [1.54, 1.807) is 12.3 Å². The van der Waals surface area contributed by atoms with Crippen molar-refractivity contribution in [2.75, 3.05) is 39.1 Å². The van der Waals surface area contributed by atoms with Gasteiger partial charge in [-0.25, -0.2) is 4.98 Å². The maximum absolute atomic E-state index is 6.31. The molecule has 36 heavy (non-hydrogen) atoms. The summed E-state index contributed by atoms with van der Waals surface area (Å²) >= 11 is 6.31. The lowest BCUT2D eigenvalue weighted by atomic mass is 10.1. The second-order valence-electron chi connectivity index (χ2n) is 8.92. The van der Waals surface area contributed by atoms with Crippen LogP contribution in [0.3, 0.4) is 0 Å². The third kappa shape index (κ3) is 5.95. The number of benzene rings is 1. The Hall–Kier alpha value is -3.62. The van der Waals surface area contributed by atoms with Gasteiger partial charge >= 0.3 is 0 Å². The van der Waals surface area contributed by atoms with E-state index in [1.807, 2.05) is 47.4 Å². The predicted molar refractivity (Wildman–Crippen MR) is 149 cm³/mol. The molecule has 2 N–H and O–H groups in total. The fraction of sp³-hybridized carbons (Fsp3) is 0.296. The van der Waals surface area contributed by atoms with Crippen molar-refractivity contribution in [3.8, 4) is 11.3 Å². The Labute approximate surface area is 217 Å². The smallest absolute Gasteiger partial charge is 0.128 e. The standard InChI is InChI=1S/C15H12ClN3.C12H21N5/c1-2-10-3-4-12-13(16)8-14(18-15(12)7-10)11-5-6-19(17)9-11;1-4-5-17-10-12(13-14-17)11(2)16-8-6-15(3)7-9-16/h2-9H,1,17H2;10H,2,4-9H2,1,3H3. The van der Waals surface area contributed by atoms with Crippen molar-refractivity contribution in [2.45, 2.75) is 19.9 Å². The number of aryl methyl sites for hydroxylation is 1. The first kappa shape index (κ1) is 25.5. The number of pyridine rings is 1. The van der Waals surface area contributed by atoms with Gasteiger partial charge in [-0.15, -0.1) is 5.10 Å². The molecule has 3 aromatic heterocycles. The average Bonchev–Trinajstić information content (AvgIpc) is 3.53. The third-order valence-electron chi connectivity index (χ3n) is 6.20. The maximum atomic E-state index is 6.31. The Balaban J connectivity index is 0.000000170. The van der Waals surface area contributed by atoms with Gasteiger partial charge in [0.05, 0.1) is 28.1 Å². The minimum absolute atomic E-state index is 0.681. The molecule has 0 spiro atoms. The number of hydrogen-bond acceptors (Lipinski definition) is 6. The number of halogens is 1. The van der Waals surface area contributed by atoms with Crippen LogP contribution in [0.2, 0.25) is 5.02 Å². The van der Waals surface area contributed by atoms with Crippen molar-refractivity contribution < 1.29 is 0 Å². The van der Waals surface area contributed by atoms with E-state index in [4.69, 9.17) is 17.4 Å². The van der Waals surface area contributed by atoms with E-state index in [2.05, 4.69) is 52.2 Å². The van der Waals surface area contributed by atoms with Crippen molar-refractivity contribution in [1.29, 1.82) is 0 Å². The van der Waals surface area contributed by atoms with Crippen molar-refractivity contribution in [2.24, 2.45) is 0 Å². The lowest BCUT2D eigenvalue weighted by molar-refractivity contribution is 0.207. The Kier molecular flexibility index (Phi) is 8.07. The molecule has 0 radical (unpaired) electrons. The Morgan fingerprint density at radius 3 is 2.58 bits per heavy atom. The van der Waals surface area contributed by atoms with Gasteiger partial charge in [0.1, 0.15) is 5.69 Å². The minimum Gasteiger partial charge on any atom is -0.368 e. The number of likely N-dealkylation sites (N-methyl/N-ethyl adjacent to an activating group) is 1.